The second-order valence-electron chi connectivity index (χ2n) is 8.80. The lowest BCUT2D eigenvalue weighted by Gasteiger charge is -2.12. The molecule has 0 fully saturated rings. The Hall–Kier alpha value is -3.96. The fraction of sp³-hybridized carbons (Fsp3) is 0.0968. The van der Waals surface area contributed by atoms with Crippen LogP contribution in [-0.2, 0) is 11.3 Å². The number of aryl methyl sites for hydroxylation is 2. The number of ether oxygens (including phenoxy) is 1. The van der Waals surface area contributed by atoms with Crippen LogP contribution >= 0.6 is 15.9 Å². The van der Waals surface area contributed by atoms with Crippen LogP contribution in [0, 0.1) is 13.8 Å². The van der Waals surface area contributed by atoms with Crippen LogP contribution in [0.1, 0.15) is 38.4 Å². The van der Waals surface area contributed by atoms with Gasteiger partial charge < -0.3 is 9.30 Å². The second kappa shape index (κ2) is 10.3. The highest BCUT2D eigenvalue weighted by Gasteiger charge is 2.16. The van der Waals surface area contributed by atoms with E-state index >= 15 is 0 Å². The second-order valence-corrected chi connectivity index (χ2v) is 9.72. The summed E-state index contributed by atoms with van der Waals surface area (Å²) in [5, 5.41) is 0. The number of hydrogen-bond acceptors (Lipinski definition) is 3. The summed E-state index contributed by atoms with van der Waals surface area (Å²) in [6.45, 7) is 4.65. The third kappa shape index (κ3) is 5.31. The monoisotopic (exact) mass is 536 g/mol. The summed E-state index contributed by atoms with van der Waals surface area (Å²) in [5.74, 6) is 0.761. The molecule has 0 aliphatic heterocycles. The fourth-order valence-corrected chi connectivity index (χ4v) is 4.26. The first-order valence-corrected chi connectivity index (χ1v) is 12.5. The predicted molar refractivity (Wildman–Crippen MR) is 149 cm³/mol. The van der Waals surface area contributed by atoms with Crippen LogP contribution in [0.15, 0.2) is 102 Å². The predicted octanol–water partition coefficient (Wildman–Crippen LogP) is 7.82. The summed E-state index contributed by atoms with van der Waals surface area (Å²) in [4.78, 5) is 18.0. The standard InChI is InChI=1S/C31H25BrN2O2/c1-21-7-13-24(14-8-21)29(36-31(35)25-15-9-22(2)10-16-25)19-30-33-27-5-3-4-6-28(27)34(30)20-23-11-17-26(32)18-12-23/h3-19H,20H2,1-2H3. The number of aromatic nitrogens is 2. The SMILES string of the molecule is Cc1ccc(C(=O)OC(=Cc2nc3ccccc3n2Cc2ccc(Br)cc2)c2ccc(C)cc2)cc1. The molecule has 0 aliphatic carbocycles. The smallest absolute Gasteiger partial charge is 0.343 e. The Morgan fingerprint density at radius 1 is 0.833 bits per heavy atom. The largest absolute Gasteiger partial charge is 0.422 e. The molecule has 4 aromatic carbocycles. The van der Waals surface area contributed by atoms with E-state index in [9.17, 15) is 4.79 Å². The number of esters is 1. The fourth-order valence-electron chi connectivity index (χ4n) is 4.00. The highest BCUT2D eigenvalue weighted by molar-refractivity contribution is 9.10. The third-order valence-electron chi connectivity index (χ3n) is 6.02. The summed E-state index contributed by atoms with van der Waals surface area (Å²) in [6.07, 6.45) is 1.86. The van der Waals surface area contributed by atoms with E-state index in [-0.39, 0.29) is 0 Å². The number of hydrogen-bond donors (Lipinski definition) is 0. The molecule has 0 saturated carbocycles. The maximum Gasteiger partial charge on any atom is 0.343 e. The molecule has 5 aromatic rings. The summed E-state index contributed by atoms with van der Waals surface area (Å²) in [6, 6.07) is 31.6. The van der Waals surface area contributed by atoms with Crippen molar-refractivity contribution < 1.29 is 9.53 Å². The highest BCUT2D eigenvalue weighted by atomic mass is 79.9. The van der Waals surface area contributed by atoms with E-state index in [0.29, 0.717) is 23.7 Å². The quantitative estimate of drug-likeness (QED) is 0.164. The lowest BCUT2D eigenvalue weighted by atomic mass is 10.1. The van der Waals surface area contributed by atoms with Crippen molar-refractivity contribution in [1.82, 2.24) is 9.55 Å². The minimum Gasteiger partial charge on any atom is -0.422 e. The molecule has 0 atom stereocenters. The molecule has 5 rings (SSSR count). The maximum atomic E-state index is 13.1. The summed E-state index contributed by atoms with van der Waals surface area (Å²) >= 11 is 3.51. The van der Waals surface area contributed by atoms with E-state index in [1.54, 1.807) is 12.1 Å². The average molecular weight is 537 g/mol. The molecule has 5 heteroatoms. The molecule has 0 aliphatic rings. The first-order chi connectivity index (χ1) is 17.5. The molecular weight excluding hydrogens is 512 g/mol. The number of halogens is 1. The number of para-hydroxylation sites is 2. The van der Waals surface area contributed by atoms with Gasteiger partial charge in [-0.25, -0.2) is 9.78 Å². The van der Waals surface area contributed by atoms with Gasteiger partial charge in [-0.1, -0.05) is 87.7 Å². The molecule has 1 aromatic heterocycles. The molecule has 0 unspecified atom stereocenters. The molecule has 0 amide bonds. The molecule has 178 valence electrons. The number of carbonyl (C=O) groups excluding carboxylic acids is 1. The van der Waals surface area contributed by atoms with Gasteiger partial charge in [0, 0.05) is 22.7 Å². The van der Waals surface area contributed by atoms with Gasteiger partial charge in [-0.15, -0.1) is 0 Å². The van der Waals surface area contributed by atoms with E-state index in [4.69, 9.17) is 9.72 Å². The number of fused-ring (bicyclic) bond motifs is 1. The Bertz CT molecular complexity index is 1550. The van der Waals surface area contributed by atoms with Crippen molar-refractivity contribution in [3.8, 4) is 0 Å². The summed E-state index contributed by atoms with van der Waals surface area (Å²) in [7, 11) is 0. The Labute approximate surface area is 219 Å². The summed E-state index contributed by atoms with van der Waals surface area (Å²) in [5.41, 5.74) is 6.57. The van der Waals surface area contributed by atoms with E-state index in [0.717, 1.165) is 37.8 Å². The normalized spacial score (nSPS) is 11.6. The minimum absolute atomic E-state index is 0.405. The topological polar surface area (TPSA) is 44.1 Å². The Morgan fingerprint density at radius 3 is 2.11 bits per heavy atom. The van der Waals surface area contributed by atoms with Gasteiger partial charge in [-0.2, -0.15) is 0 Å². The Balaban J connectivity index is 1.60. The zero-order chi connectivity index (χ0) is 25.1. The van der Waals surface area contributed by atoms with Crippen LogP contribution in [0.2, 0.25) is 0 Å². The lowest BCUT2D eigenvalue weighted by molar-refractivity contribution is 0.0693. The average Bonchev–Trinajstić information content (AvgIpc) is 3.22. The zero-order valence-electron chi connectivity index (χ0n) is 20.1. The van der Waals surface area contributed by atoms with Crippen molar-refractivity contribution in [2.24, 2.45) is 0 Å². The van der Waals surface area contributed by atoms with Gasteiger partial charge in [0.1, 0.15) is 11.6 Å². The maximum absolute atomic E-state index is 13.1. The van der Waals surface area contributed by atoms with Crippen LogP contribution in [0.5, 0.6) is 0 Å². The first kappa shape index (κ1) is 23.8. The highest BCUT2D eigenvalue weighted by Crippen LogP contribution is 2.25. The zero-order valence-corrected chi connectivity index (χ0v) is 21.7. The van der Waals surface area contributed by atoms with Crippen molar-refractivity contribution in [2.75, 3.05) is 0 Å². The van der Waals surface area contributed by atoms with Gasteiger partial charge in [-0.3, -0.25) is 0 Å². The molecule has 0 N–H and O–H groups in total. The first-order valence-electron chi connectivity index (χ1n) is 11.7. The molecular formula is C31H25BrN2O2. The van der Waals surface area contributed by atoms with E-state index in [1.165, 1.54) is 0 Å². The van der Waals surface area contributed by atoms with Crippen molar-refractivity contribution in [2.45, 2.75) is 20.4 Å². The molecule has 0 radical (unpaired) electrons. The lowest BCUT2D eigenvalue weighted by Crippen LogP contribution is -2.07. The van der Waals surface area contributed by atoms with Crippen LogP contribution < -0.4 is 0 Å². The number of imidazole rings is 1. The Kier molecular flexibility index (Phi) is 6.83. The van der Waals surface area contributed by atoms with E-state index in [1.807, 2.05) is 86.7 Å². The minimum atomic E-state index is -0.405. The van der Waals surface area contributed by atoms with Gasteiger partial charge in [-0.05, 0) is 55.8 Å². The van der Waals surface area contributed by atoms with Crippen molar-refractivity contribution in [1.29, 1.82) is 0 Å². The number of nitrogens with zero attached hydrogens (tertiary/aromatic N) is 2. The van der Waals surface area contributed by atoms with Crippen molar-refractivity contribution in [3.05, 3.63) is 135 Å². The third-order valence-corrected chi connectivity index (χ3v) is 6.55. The van der Waals surface area contributed by atoms with E-state index < -0.39 is 5.97 Å². The number of benzene rings is 4. The molecule has 1 heterocycles. The van der Waals surface area contributed by atoms with Crippen LogP contribution in [-0.4, -0.2) is 15.5 Å². The summed E-state index contributed by atoms with van der Waals surface area (Å²) < 4.78 is 9.17. The van der Waals surface area contributed by atoms with Crippen LogP contribution in [0.25, 0.3) is 22.9 Å². The van der Waals surface area contributed by atoms with E-state index in [2.05, 4.69) is 38.7 Å². The molecule has 0 spiro atoms. The molecule has 36 heavy (non-hydrogen) atoms. The van der Waals surface area contributed by atoms with Crippen LogP contribution in [0.4, 0.5) is 0 Å². The molecule has 4 nitrogen and oxygen atoms in total. The van der Waals surface area contributed by atoms with Gasteiger partial charge in [0.05, 0.1) is 16.6 Å². The van der Waals surface area contributed by atoms with Gasteiger partial charge in [0.25, 0.3) is 0 Å². The number of carbonyl (C=O) groups is 1. The molecule has 0 bridgehead atoms. The molecule has 0 saturated heterocycles. The Morgan fingerprint density at radius 2 is 1.44 bits per heavy atom. The van der Waals surface area contributed by atoms with Crippen molar-refractivity contribution in [3.63, 3.8) is 0 Å². The van der Waals surface area contributed by atoms with Crippen LogP contribution in [0.3, 0.4) is 0 Å². The van der Waals surface area contributed by atoms with Crippen molar-refractivity contribution >= 4 is 44.8 Å². The number of rotatable bonds is 6. The van der Waals surface area contributed by atoms with Gasteiger partial charge in [0.15, 0.2) is 0 Å². The van der Waals surface area contributed by atoms with Gasteiger partial charge in [0.2, 0.25) is 0 Å². The van der Waals surface area contributed by atoms with Gasteiger partial charge >= 0.3 is 5.97 Å².